The summed E-state index contributed by atoms with van der Waals surface area (Å²) in [5, 5.41) is 25.3. The molecule has 0 spiro atoms. The van der Waals surface area contributed by atoms with E-state index in [1.165, 1.54) is 47.4 Å². The molecular weight excluding hydrogens is 1420 g/mol. The number of hydrogen-bond donors (Lipinski definition) is 4. The Balaban J connectivity index is 0.000000139. The molecule has 111 heavy (non-hydrogen) atoms. The molecule has 0 unspecified atom stereocenters. The van der Waals surface area contributed by atoms with E-state index in [1.807, 2.05) is 160 Å². The zero-order valence-corrected chi connectivity index (χ0v) is 62.9. The van der Waals surface area contributed by atoms with Crippen molar-refractivity contribution in [2.45, 2.75) is 65.9 Å². The largest absolute Gasteiger partial charge is 0.493 e. The molecule has 25 heteroatoms. The second-order valence-corrected chi connectivity index (χ2v) is 28.6. The second-order valence-electron chi connectivity index (χ2n) is 27.6. The summed E-state index contributed by atoms with van der Waals surface area (Å²) in [5.74, 6) is 3.42. The number of aromatic nitrogens is 5. The second kappa shape index (κ2) is 35.9. The molecule has 0 aliphatic carbocycles. The first kappa shape index (κ1) is 77.8. The predicted octanol–water partition coefficient (Wildman–Crippen LogP) is 16.0. The SMILES string of the molecule is C.CN1CC=C(/C=C/c2ccc(-c3nc4ccccc4s3)o2)CC1.COc1cccc2cc(C(=O)Nc3ccc(N4CCCCC4)cc3)c(=O)oc12.Cn1nc(CC(=O)Nc2ccc(N3CCN(C(=O)OC(C)(C)C)CC3)cc2)c2ccccc2c1=O.N#C/C(=C\Nc1ccc2c(c1)OCCO2)c1nc2ccccc2[nH]1. The number of hydrogen-bond acceptors (Lipinski definition) is 20. The van der Waals surface area contributed by atoms with Gasteiger partial charge < -0.3 is 68.3 Å². The van der Waals surface area contributed by atoms with Crippen LogP contribution in [0, 0.1) is 11.3 Å². The van der Waals surface area contributed by atoms with Gasteiger partial charge >= 0.3 is 11.7 Å². The number of fused-ring (bicyclic) bond motifs is 5. The predicted molar refractivity (Wildman–Crippen MR) is 439 cm³/mol. The number of imidazole rings is 1. The fraction of sp³-hybridized carbons (Fsp3) is 0.267. The lowest BCUT2D eigenvalue weighted by molar-refractivity contribution is -0.115. The highest BCUT2D eigenvalue weighted by molar-refractivity contribution is 7.21. The van der Waals surface area contributed by atoms with Crippen molar-refractivity contribution in [3.05, 3.63) is 243 Å². The van der Waals surface area contributed by atoms with Gasteiger partial charge in [0.2, 0.25) is 5.91 Å². The van der Waals surface area contributed by atoms with Crippen molar-refractivity contribution in [2.75, 3.05) is 105 Å². The lowest BCUT2D eigenvalue weighted by atomic mass is 10.1. The van der Waals surface area contributed by atoms with Crippen molar-refractivity contribution in [1.82, 2.24) is 34.5 Å². The smallest absolute Gasteiger partial charge is 0.410 e. The van der Waals surface area contributed by atoms with Crippen molar-refractivity contribution in [1.29, 1.82) is 5.26 Å². The number of nitrogens with zero attached hydrogens (tertiary/aromatic N) is 9. The Kier molecular flexibility index (Phi) is 25.2. The van der Waals surface area contributed by atoms with Gasteiger partial charge in [-0.25, -0.2) is 24.2 Å². The molecule has 570 valence electrons. The molecule has 0 bridgehead atoms. The van der Waals surface area contributed by atoms with E-state index >= 15 is 0 Å². The maximum Gasteiger partial charge on any atom is 0.410 e. The molecule has 3 amide bonds. The Morgan fingerprint density at radius 2 is 1.36 bits per heavy atom. The number of carbonyl (C=O) groups excluding carboxylic acids is 3. The van der Waals surface area contributed by atoms with Crippen molar-refractivity contribution < 1.29 is 42.2 Å². The lowest BCUT2D eigenvalue weighted by Gasteiger charge is -2.36. The first-order valence-corrected chi connectivity index (χ1v) is 37.3. The topological polar surface area (TPSA) is 281 Å². The fourth-order valence-corrected chi connectivity index (χ4v) is 13.7. The van der Waals surface area contributed by atoms with E-state index in [4.69, 9.17) is 27.8 Å². The molecule has 2 saturated heterocycles. The Hall–Kier alpha value is -12.8. The van der Waals surface area contributed by atoms with Gasteiger partial charge in [0.05, 0.1) is 45.9 Å². The maximum atomic E-state index is 12.7. The Bertz CT molecular complexity index is 5490. The summed E-state index contributed by atoms with van der Waals surface area (Å²) >= 11 is 1.66. The number of aryl methyl sites for hydroxylation is 1. The third-order valence-electron chi connectivity index (χ3n) is 18.6. The number of rotatable bonds is 14. The molecule has 4 aliphatic rings. The number of furan rings is 1. The van der Waals surface area contributed by atoms with Gasteiger partial charge in [-0.15, -0.1) is 11.3 Å². The first-order chi connectivity index (χ1) is 53.4. The molecule has 0 radical (unpaired) electrons. The minimum absolute atomic E-state index is 0. The summed E-state index contributed by atoms with van der Waals surface area (Å²) in [6, 6.07) is 56.9. The van der Waals surface area contributed by atoms with Gasteiger partial charge in [0.1, 0.15) is 41.8 Å². The molecule has 0 saturated carbocycles. The van der Waals surface area contributed by atoms with Crippen LogP contribution < -0.4 is 51.1 Å². The zero-order valence-electron chi connectivity index (χ0n) is 62.1. The third kappa shape index (κ3) is 19.9. The van der Waals surface area contributed by atoms with Crippen LogP contribution in [0.5, 0.6) is 17.2 Å². The van der Waals surface area contributed by atoms with Crippen LogP contribution >= 0.6 is 11.3 Å². The van der Waals surface area contributed by atoms with Gasteiger partial charge in [-0.05, 0) is 180 Å². The number of ether oxygens (including phenoxy) is 4. The molecule has 16 rings (SSSR count). The Labute approximate surface area is 646 Å². The van der Waals surface area contributed by atoms with E-state index in [1.54, 1.807) is 59.8 Å². The van der Waals surface area contributed by atoms with E-state index in [9.17, 15) is 29.2 Å². The number of anilines is 5. The van der Waals surface area contributed by atoms with Crippen molar-refractivity contribution >= 4 is 112 Å². The monoisotopic (exact) mass is 1510 g/mol. The number of methoxy groups -OCH3 is 1. The van der Waals surface area contributed by atoms with Crippen LogP contribution in [0.4, 0.5) is 33.2 Å². The zero-order chi connectivity index (χ0) is 76.7. The molecule has 2 fully saturated rings. The minimum Gasteiger partial charge on any atom is -0.493 e. The lowest BCUT2D eigenvalue weighted by Crippen LogP contribution is -2.50. The Morgan fingerprint density at radius 3 is 2.05 bits per heavy atom. The summed E-state index contributed by atoms with van der Waals surface area (Å²) in [5.41, 5.74) is 8.30. The van der Waals surface area contributed by atoms with Crippen LogP contribution in [0.25, 0.3) is 65.4 Å². The number of carbonyl (C=O) groups is 3. The number of para-hydroxylation sites is 4. The number of aromatic amines is 1. The number of allylic oxidation sites excluding steroid dienone is 2. The molecule has 12 aromatic rings. The highest BCUT2D eigenvalue weighted by Crippen LogP contribution is 2.35. The third-order valence-corrected chi connectivity index (χ3v) is 19.6. The highest BCUT2D eigenvalue weighted by atomic mass is 32.1. The molecule has 0 atom stereocenters. The molecule has 4 aliphatic heterocycles. The van der Waals surface area contributed by atoms with Gasteiger partial charge in [-0.2, -0.15) is 10.4 Å². The van der Waals surface area contributed by atoms with E-state index in [2.05, 4.69) is 82.0 Å². The van der Waals surface area contributed by atoms with Crippen molar-refractivity contribution in [3.63, 3.8) is 0 Å². The number of nitrogens with one attached hydrogen (secondary N) is 4. The molecule has 9 heterocycles. The molecule has 5 aromatic heterocycles. The average molecular weight is 1510 g/mol. The van der Waals surface area contributed by atoms with Crippen LogP contribution in [0.3, 0.4) is 0 Å². The van der Waals surface area contributed by atoms with Gasteiger partial charge in [-0.1, -0.05) is 74.2 Å². The normalized spacial score (nSPS) is 14.3. The van der Waals surface area contributed by atoms with E-state index < -0.39 is 17.1 Å². The number of benzene rings is 7. The average Bonchev–Trinajstić information content (AvgIpc) is 1.75. The molecule has 24 nitrogen and oxygen atoms in total. The number of likely N-dealkylation sites (N-methyl/N-ethyl adjacent to an activating group) is 1. The number of thiazole rings is 1. The van der Waals surface area contributed by atoms with E-state index in [-0.39, 0.29) is 37.0 Å². The van der Waals surface area contributed by atoms with Gasteiger partial charge in [0, 0.05) is 111 Å². The highest BCUT2D eigenvalue weighted by Gasteiger charge is 2.27. The van der Waals surface area contributed by atoms with Gasteiger partial charge in [-0.3, -0.25) is 14.4 Å². The minimum atomic E-state index is -0.695. The summed E-state index contributed by atoms with van der Waals surface area (Å²) in [4.78, 5) is 83.0. The van der Waals surface area contributed by atoms with Crippen molar-refractivity contribution in [3.8, 4) is 34.1 Å². The summed E-state index contributed by atoms with van der Waals surface area (Å²) < 4.78 is 35.4. The standard InChI is InChI=1S/C26H31N5O4.C22H22N2O4.C19H18N2OS.C18H14N4O2.CH4/c1-26(2,3)35-25(34)31-15-13-30(14-16-31)19-11-9-18(10-12-19)27-23(32)17-22-20-7-5-6-8-21(20)24(33)29(4)28-22;1-27-19-7-5-6-15-14-18(22(26)28-20(15)19)21(25)23-16-8-10-17(11-9-16)24-12-3-2-4-13-24;1-21-12-10-14(11-13-21)6-7-15-8-9-17(22-15)19-20-16-4-2-3-5-18(16)23-19;19-10-12(18-21-14-3-1-2-4-15(14)22-18)11-20-13-5-6-16-17(9-13)24-8-7-23-16;/h5-12H,13-17H2,1-4H3,(H,27,32);5-11,14H,2-4,12-13H2,1H3,(H,23,25);2-10H,11-13H2,1H3;1-6,9,11,20H,7-8H2,(H,21,22);1H4/b;;7-6+;12-11+;. The summed E-state index contributed by atoms with van der Waals surface area (Å²) in [6.07, 6.45) is 12.7. The summed E-state index contributed by atoms with van der Waals surface area (Å²) in [7, 11) is 5.24. The fourth-order valence-electron chi connectivity index (χ4n) is 12.8. The number of amides is 3. The number of H-pyrrole nitrogens is 1. The first-order valence-electron chi connectivity index (χ1n) is 36.5. The molecular formula is C86H89N13O11S. The number of piperidine rings is 1. The summed E-state index contributed by atoms with van der Waals surface area (Å²) in [6.45, 7) is 13.5. The quantitative estimate of drug-likeness (QED) is 0.0581. The van der Waals surface area contributed by atoms with Crippen LogP contribution in [0.2, 0.25) is 0 Å². The van der Waals surface area contributed by atoms with Crippen LogP contribution in [0.15, 0.2) is 218 Å². The van der Waals surface area contributed by atoms with Crippen LogP contribution in [-0.4, -0.2) is 138 Å². The van der Waals surface area contributed by atoms with E-state index in [0.717, 1.165) is 88.5 Å². The van der Waals surface area contributed by atoms with Crippen LogP contribution in [0.1, 0.15) is 81.5 Å². The van der Waals surface area contributed by atoms with Crippen LogP contribution in [-0.2, 0) is 23.0 Å². The maximum absolute atomic E-state index is 12.7. The van der Waals surface area contributed by atoms with Gasteiger partial charge in [0.25, 0.3) is 11.5 Å². The van der Waals surface area contributed by atoms with E-state index in [0.29, 0.717) is 101 Å². The van der Waals surface area contributed by atoms with Crippen molar-refractivity contribution in [2.24, 2.45) is 7.05 Å². The molecule has 7 aromatic carbocycles. The number of nitriles is 1. The number of piperazine rings is 1. The Morgan fingerprint density at radius 1 is 0.685 bits per heavy atom. The molecule has 4 N–H and O–H groups in total. The van der Waals surface area contributed by atoms with Gasteiger partial charge in [0.15, 0.2) is 39.4 Å².